The predicted octanol–water partition coefficient (Wildman–Crippen LogP) is 4.50. The van der Waals surface area contributed by atoms with Gasteiger partial charge in [-0.2, -0.15) is 18.4 Å². The lowest BCUT2D eigenvalue weighted by Crippen LogP contribution is -2.57. The molecule has 2 amide bonds. The van der Waals surface area contributed by atoms with Crippen molar-refractivity contribution in [3.63, 3.8) is 0 Å². The molecule has 2 aliphatic heterocycles. The number of fused-ring (bicyclic) bond motifs is 1. The predicted molar refractivity (Wildman–Crippen MR) is 132 cm³/mol. The average Bonchev–Trinajstić information content (AvgIpc) is 3.73. The Balaban J connectivity index is 1.43. The number of rotatable bonds is 4. The average molecular weight is 534 g/mol. The summed E-state index contributed by atoms with van der Waals surface area (Å²) in [6.45, 7) is 7.09. The molecule has 8 nitrogen and oxygen atoms in total. The van der Waals surface area contributed by atoms with Gasteiger partial charge in [0.1, 0.15) is 23.9 Å². The Morgan fingerprint density at radius 3 is 2.37 bits per heavy atom. The Morgan fingerprint density at radius 1 is 1.08 bits per heavy atom. The van der Waals surface area contributed by atoms with Gasteiger partial charge in [0, 0.05) is 32.1 Å². The number of hydrogen-bond acceptors (Lipinski definition) is 6. The van der Waals surface area contributed by atoms with Gasteiger partial charge in [0.25, 0.3) is 0 Å². The van der Waals surface area contributed by atoms with Crippen LogP contribution in [0.25, 0.3) is 0 Å². The molecule has 0 N–H and O–H groups in total. The first kappa shape index (κ1) is 26.6. The van der Waals surface area contributed by atoms with E-state index in [2.05, 4.69) is 6.07 Å². The van der Waals surface area contributed by atoms with Crippen LogP contribution in [0.5, 0.6) is 0 Å². The number of halogens is 3. The highest BCUT2D eigenvalue weighted by Crippen LogP contribution is 2.45. The van der Waals surface area contributed by atoms with E-state index in [0.717, 1.165) is 42.5 Å². The zero-order chi connectivity index (χ0) is 27.4. The molecule has 2 aliphatic carbocycles. The molecule has 3 fully saturated rings. The largest absolute Gasteiger partial charge is 0.444 e. The summed E-state index contributed by atoms with van der Waals surface area (Å²) in [6, 6.07) is 2.02. The fraction of sp³-hybridized carbons (Fsp3) is 0.704. The van der Waals surface area contributed by atoms with E-state index >= 15 is 0 Å². The van der Waals surface area contributed by atoms with Crippen LogP contribution in [0.1, 0.15) is 81.2 Å². The number of amides is 2. The SMILES string of the molecule is CC(C)(C)OC(=O)N1CCc2c(C#N)c(N3CCN(C(=O)CC(F)(F)F)C(C4CC4)C3)nc(C3CC3)c2C1. The summed E-state index contributed by atoms with van der Waals surface area (Å²) >= 11 is 0. The fourth-order valence-electron chi connectivity index (χ4n) is 5.64. The summed E-state index contributed by atoms with van der Waals surface area (Å²) < 4.78 is 44.4. The normalized spacial score (nSPS) is 22.1. The molecule has 0 aromatic carbocycles. The van der Waals surface area contributed by atoms with Crippen molar-refractivity contribution in [2.45, 2.75) is 89.6 Å². The lowest BCUT2D eigenvalue weighted by atomic mass is 9.92. The van der Waals surface area contributed by atoms with Gasteiger partial charge in [-0.15, -0.1) is 0 Å². The van der Waals surface area contributed by atoms with E-state index in [4.69, 9.17) is 9.72 Å². The lowest BCUT2D eigenvalue weighted by Gasteiger charge is -2.43. The highest BCUT2D eigenvalue weighted by atomic mass is 19.4. The molecule has 0 spiro atoms. The Kier molecular flexibility index (Phi) is 6.72. The minimum atomic E-state index is -4.54. The molecule has 1 atom stereocenters. The molecule has 4 aliphatic rings. The van der Waals surface area contributed by atoms with Crippen molar-refractivity contribution in [3.05, 3.63) is 22.4 Å². The molecule has 11 heteroatoms. The molecule has 1 saturated heterocycles. The number of pyridine rings is 1. The van der Waals surface area contributed by atoms with Crippen LogP contribution in [-0.4, -0.2) is 70.8 Å². The molecule has 5 rings (SSSR count). The lowest BCUT2D eigenvalue weighted by molar-refractivity contribution is -0.163. The Labute approximate surface area is 220 Å². The summed E-state index contributed by atoms with van der Waals surface area (Å²) in [5, 5.41) is 10.2. The number of ether oxygens (including phenoxy) is 1. The van der Waals surface area contributed by atoms with Gasteiger partial charge in [0.2, 0.25) is 5.91 Å². The third kappa shape index (κ3) is 5.69. The summed E-state index contributed by atoms with van der Waals surface area (Å²) in [6.07, 6.45) is -2.14. The van der Waals surface area contributed by atoms with Crippen LogP contribution in [0.15, 0.2) is 0 Å². The van der Waals surface area contributed by atoms with Crippen LogP contribution in [0.4, 0.5) is 23.8 Å². The monoisotopic (exact) mass is 533 g/mol. The maximum absolute atomic E-state index is 13.0. The minimum Gasteiger partial charge on any atom is -0.444 e. The quantitative estimate of drug-likeness (QED) is 0.566. The number of aromatic nitrogens is 1. The molecule has 38 heavy (non-hydrogen) atoms. The number of carbonyl (C=O) groups is 2. The van der Waals surface area contributed by atoms with E-state index in [0.29, 0.717) is 44.0 Å². The topological polar surface area (TPSA) is 89.8 Å². The maximum atomic E-state index is 13.0. The van der Waals surface area contributed by atoms with Gasteiger partial charge in [-0.1, -0.05) is 0 Å². The number of nitriles is 1. The smallest absolute Gasteiger partial charge is 0.410 e. The first-order valence-corrected chi connectivity index (χ1v) is 13.4. The van der Waals surface area contributed by atoms with Gasteiger partial charge in [0.15, 0.2) is 0 Å². The summed E-state index contributed by atoms with van der Waals surface area (Å²) in [5.41, 5.74) is 2.58. The van der Waals surface area contributed by atoms with Crippen LogP contribution in [0.2, 0.25) is 0 Å². The second-order valence-corrected chi connectivity index (χ2v) is 11.9. The van der Waals surface area contributed by atoms with Crippen molar-refractivity contribution in [3.8, 4) is 6.07 Å². The number of piperazine rings is 1. The van der Waals surface area contributed by atoms with Crippen LogP contribution in [-0.2, 0) is 22.5 Å². The molecule has 1 unspecified atom stereocenters. The third-order valence-electron chi connectivity index (χ3n) is 7.69. The van der Waals surface area contributed by atoms with Gasteiger partial charge in [-0.25, -0.2) is 9.78 Å². The third-order valence-corrected chi connectivity index (χ3v) is 7.69. The van der Waals surface area contributed by atoms with Gasteiger partial charge in [0.05, 0.1) is 23.8 Å². The molecule has 1 aromatic heterocycles. The van der Waals surface area contributed by atoms with Gasteiger partial charge < -0.3 is 19.4 Å². The highest BCUT2D eigenvalue weighted by Gasteiger charge is 2.45. The maximum Gasteiger partial charge on any atom is 0.410 e. The number of carbonyl (C=O) groups excluding carboxylic acids is 2. The summed E-state index contributed by atoms with van der Waals surface area (Å²) in [4.78, 5) is 35.3. The number of alkyl halides is 3. The van der Waals surface area contributed by atoms with Gasteiger partial charge in [-0.3, -0.25) is 4.79 Å². The molecule has 0 radical (unpaired) electrons. The summed E-state index contributed by atoms with van der Waals surface area (Å²) in [7, 11) is 0. The minimum absolute atomic E-state index is 0.170. The standard InChI is InChI=1S/C27H34F3N5O3/c1-26(2,3)38-25(37)34-9-8-18-19(13-31)24(32-23(17-6-7-17)20(18)14-34)33-10-11-35(21(15-33)16-4-5-16)22(36)12-27(28,29)30/h16-17,21H,4-12,14-15H2,1-3H3. The Morgan fingerprint density at radius 2 is 1.79 bits per heavy atom. The molecule has 1 aromatic rings. The van der Waals surface area contributed by atoms with Crippen molar-refractivity contribution in [1.82, 2.24) is 14.8 Å². The number of anilines is 1. The van der Waals surface area contributed by atoms with Crippen LogP contribution in [0, 0.1) is 17.2 Å². The molecule has 3 heterocycles. The van der Waals surface area contributed by atoms with Crippen molar-refractivity contribution >= 4 is 17.8 Å². The van der Waals surface area contributed by atoms with E-state index in [1.807, 2.05) is 25.7 Å². The molecule has 0 bridgehead atoms. The number of hydrogen-bond donors (Lipinski definition) is 0. The fourth-order valence-corrected chi connectivity index (χ4v) is 5.64. The first-order chi connectivity index (χ1) is 17.8. The van der Waals surface area contributed by atoms with E-state index in [9.17, 15) is 28.0 Å². The Hall–Kier alpha value is -3.03. The highest BCUT2D eigenvalue weighted by molar-refractivity contribution is 5.78. The van der Waals surface area contributed by atoms with Crippen molar-refractivity contribution in [2.75, 3.05) is 31.1 Å². The van der Waals surface area contributed by atoms with E-state index < -0.39 is 24.1 Å². The van der Waals surface area contributed by atoms with Crippen LogP contribution in [0.3, 0.4) is 0 Å². The van der Waals surface area contributed by atoms with Gasteiger partial charge >= 0.3 is 12.3 Å². The van der Waals surface area contributed by atoms with Gasteiger partial charge in [-0.05, 0) is 69.9 Å². The van der Waals surface area contributed by atoms with Crippen LogP contribution < -0.4 is 4.90 Å². The van der Waals surface area contributed by atoms with Crippen molar-refractivity contribution in [1.29, 1.82) is 5.26 Å². The van der Waals surface area contributed by atoms with E-state index in [-0.39, 0.29) is 30.5 Å². The first-order valence-electron chi connectivity index (χ1n) is 13.4. The van der Waals surface area contributed by atoms with Crippen molar-refractivity contribution in [2.24, 2.45) is 5.92 Å². The van der Waals surface area contributed by atoms with E-state index in [1.54, 1.807) is 4.90 Å². The zero-order valence-corrected chi connectivity index (χ0v) is 22.1. The van der Waals surface area contributed by atoms with Crippen molar-refractivity contribution < 1.29 is 27.5 Å². The number of nitrogens with zero attached hydrogens (tertiary/aromatic N) is 5. The molecule has 2 saturated carbocycles. The molecular weight excluding hydrogens is 499 g/mol. The molecular formula is C27H34F3N5O3. The second-order valence-electron chi connectivity index (χ2n) is 11.9. The molecule has 206 valence electrons. The Bertz CT molecular complexity index is 1160. The zero-order valence-electron chi connectivity index (χ0n) is 22.1. The summed E-state index contributed by atoms with van der Waals surface area (Å²) in [5.74, 6) is 0.118. The van der Waals surface area contributed by atoms with E-state index in [1.165, 1.54) is 4.90 Å². The van der Waals surface area contributed by atoms with Crippen LogP contribution >= 0.6 is 0 Å². The second kappa shape index (κ2) is 9.62.